The number of hydrogen-bond donors (Lipinski definition) is 1. The molecule has 2 aromatic rings. The molecular formula is C13H13FN2OS. The maximum absolute atomic E-state index is 13.7. The van der Waals surface area contributed by atoms with Gasteiger partial charge in [-0.1, -0.05) is 0 Å². The van der Waals surface area contributed by atoms with Crippen molar-refractivity contribution in [2.75, 3.05) is 11.6 Å². The first-order valence-electron chi connectivity index (χ1n) is 5.37. The Balaban J connectivity index is 2.28. The van der Waals surface area contributed by atoms with Crippen LogP contribution < -0.4 is 10.9 Å². The molecule has 0 bridgehead atoms. The van der Waals surface area contributed by atoms with E-state index >= 15 is 0 Å². The van der Waals surface area contributed by atoms with E-state index in [0.717, 1.165) is 4.90 Å². The Morgan fingerprint density at radius 2 is 2.06 bits per heavy atom. The van der Waals surface area contributed by atoms with Gasteiger partial charge >= 0.3 is 0 Å². The summed E-state index contributed by atoms with van der Waals surface area (Å²) in [6.07, 6.45) is 3.53. The number of thioether (sulfide) groups is 1. The second kappa shape index (κ2) is 5.27. The van der Waals surface area contributed by atoms with Gasteiger partial charge in [0.1, 0.15) is 5.82 Å². The lowest BCUT2D eigenvalue weighted by molar-refractivity contribution is 0.628. The lowest BCUT2D eigenvalue weighted by atomic mass is 10.3. The van der Waals surface area contributed by atoms with E-state index in [9.17, 15) is 9.18 Å². The van der Waals surface area contributed by atoms with Crippen molar-refractivity contribution in [3.05, 3.63) is 52.7 Å². The first-order valence-corrected chi connectivity index (χ1v) is 6.60. The number of nitrogens with zero attached hydrogens (tertiary/aromatic N) is 1. The minimum atomic E-state index is -0.331. The summed E-state index contributed by atoms with van der Waals surface area (Å²) in [6.45, 7) is 0. The fraction of sp³-hybridized carbons (Fsp3) is 0.154. The second-order valence-corrected chi connectivity index (χ2v) is 4.71. The molecule has 94 valence electrons. The molecule has 1 N–H and O–H groups in total. The molecule has 1 aromatic carbocycles. The molecule has 0 radical (unpaired) electrons. The molecule has 0 amide bonds. The molecule has 0 atom stereocenters. The number of benzene rings is 1. The molecule has 0 aliphatic carbocycles. The van der Waals surface area contributed by atoms with Crippen molar-refractivity contribution in [1.82, 2.24) is 4.57 Å². The van der Waals surface area contributed by atoms with E-state index < -0.39 is 0 Å². The number of aryl methyl sites for hydroxylation is 1. The van der Waals surface area contributed by atoms with Crippen LogP contribution in [0.15, 0.2) is 46.2 Å². The van der Waals surface area contributed by atoms with Gasteiger partial charge in [-0.15, -0.1) is 11.8 Å². The van der Waals surface area contributed by atoms with E-state index in [1.54, 1.807) is 25.4 Å². The molecule has 0 saturated carbocycles. The van der Waals surface area contributed by atoms with Gasteiger partial charge < -0.3 is 9.88 Å². The zero-order valence-corrected chi connectivity index (χ0v) is 10.9. The van der Waals surface area contributed by atoms with E-state index in [-0.39, 0.29) is 11.4 Å². The van der Waals surface area contributed by atoms with Crippen LogP contribution in [0.1, 0.15) is 0 Å². The van der Waals surface area contributed by atoms with Crippen LogP contribution in [0.3, 0.4) is 0 Å². The first-order chi connectivity index (χ1) is 8.60. The Morgan fingerprint density at radius 1 is 1.28 bits per heavy atom. The van der Waals surface area contributed by atoms with Gasteiger partial charge in [0.25, 0.3) is 5.56 Å². The molecular weight excluding hydrogens is 251 g/mol. The summed E-state index contributed by atoms with van der Waals surface area (Å²) in [4.78, 5) is 12.3. The summed E-state index contributed by atoms with van der Waals surface area (Å²) in [5.41, 5.74) is 0.802. The molecule has 0 unspecified atom stereocenters. The van der Waals surface area contributed by atoms with Crippen LogP contribution in [0.2, 0.25) is 0 Å². The van der Waals surface area contributed by atoms with Crippen LogP contribution in [0.25, 0.3) is 0 Å². The van der Waals surface area contributed by atoms with E-state index in [2.05, 4.69) is 5.32 Å². The average Bonchev–Trinajstić information content (AvgIpc) is 2.36. The average molecular weight is 264 g/mol. The number of aromatic nitrogens is 1. The molecule has 1 aromatic heterocycles. The summed E-state index contributed by atoms with van der Waals surface area (Å²) in [5, 5.41) is 2.89. The van der Waals surface area contributed by atoms with Crippen molar-refractivity contribution in [2.24, 2.45) is 7.05 Å². The van der Waals surface area contributed by atoms with Gasteiger partial charge in [-0.05, 0) is 30.5 Å². The maximum atomic E-state index is 13.7. The van der Waals surface area contributed by atoms with Crippen molar-refractivity contribution in [1.29, 1.82) is 0 Å². The van der Waals surface area contributed by atoms with Crippen molar-refractivity contribution in [2.45, 2.75) is 4.90 Å². The molecule has 0 aliphatic rings. The largest absolute Gasteiger partial charge is 0.353 e. The highest BCUT2D eigenvalue weighted by molar-refractivity contribution is 7.98. The number of halogens is 1. The van der Waals surface area contributed by atoms with E-state index in [1.807, 2.05) is 12.3 Å². The summed E-state index contributed by atoms with van der Waals surface area (Å²) in [5.74, 6) is -0.331. The van der Waals surface area contributed by atoms with Gasteiger partial charge in [-0.25, -0.2) is 4.39 Å². The van der Waals surface area contributed by atoms with Crippen molar-refractivity contribution < 1.29 is 4.39 Å². The van der Waals surface area contributed by atoms with Crippen molar-refractivity contribution >= 4 is 23.1 Å². The lowest BCUT2D eigenvalue weighted by Gasteiger charge is -2.08. The third-order valence-electron chi connectivity index (χ3n) is 2.56. The molecule has 0 aliphatic heterocycles. The topological polar surface area (TPSA) is 34.0 Å². The third-order valence-corrected chi connectivity index (χ3v) is 3.28. The zero-order valence-electron chi connectivity index (χ0n) is 10.1. The SMILES string of the molecule is CSc1ccc(Nc2ccn(C)c(=O)c2)c(F)c1. The standard InChI is InChI=1S/C13H13FN2OS/c1-16-6-5-9(7-13(16)17)15-12-4-3-10(18-2)8-11(12)14/h3-8,15H,1-2H3. The summed E-state index contributed by atoms with van der Waals surface area (Å²) < 4.78 is 15.2. The number of rotatable bonds is 3. The summed E-state index contributed by atoms with van der Waals surface area (Å²) in [7, 11) is 1.67. The summed E-state index contributed by atoms with van der Waals surface area (Å²) >= 11 is 1.48. The second-order valence-electron chi connectivity index (χ2n) is 3.84. The molecule has 2 rings (SSSR count). The quantitative estimate of drug-likeness (QED) is 0.865. The van der Waals surface area contributed by atoms with Gasteiger partial charge in [0.05, 0.1) is 5.69 Å². The smallest absolute Gasteiger partial charge is 0.252 e. The molecule has 0 spiro atoms. The highest BCUT2D eigenvalue weighted by Gasteiger charge is 2.04. The Morgan fingerprint density at radius 3 is 2.67 bits per heavy atom. The predicted molar refractivity (Wildman–Crippen MR) is 73.1 cm³/mol. The van der Waals surface area contributed by atoms with Gasteiger partial charge in [0.2, 0.25) is 0 Å². The highest BCUT2D eigenvalue weighted by atomic mass is 32.2. The molecule has 1 heterocycles. The van der Waals surface area contributed by atoms with Gasteiger partial charge in [0, 0.05) is 29.9 Å². The van der Waals surface area contributed by atoms with Crippen LogP contribution in [0.4, 0.5) is 15.8 Å². The zero-order chi connectivity index (χ0) is 13.1. The summed E-state index contributed by atoms with van der Waals surface area (Å²) in [6, 6.07) is 8.12. The number of hydrogen-bond acceptors (Lipinski definition) is 3. The Bertz CT molecular complexity index is 625. The monoisotopic (exact) mass is 264 g/mol. The first kappa shape index (κ1) is 12.7. The Hall–Kier alpha value is -1.75. The van der Waals surface area contributed by atoms with E-state index in [4.69, 9.17) is 0 Å². The third kappa shape index (κ3) is 2.73. The Labute approximate surface area is 109 Å². The van der Waals surface area contributed by atoms with Crippen LogP contribution >= 0.6 is 11.8 Å². The van der Waals surface area contributed by atoms with Gasteiger partial charge in [-0.2, -0.15) is 0 Å². The minimum Gasteiger partial charge on any atom is -0.353 e. The fourth-order valence-electron chi connectivity index (χ4n) is 1.51. The normalized spacial score (nSPS) is 10.4. The number of pyridine rings is 1. The van der Waals surface area contributed by atoms with Gasteiger partial charge in [-0.3, -0.25) is 4.79 Å². The highest BCUT2D eigenvalue weighted by Crippen LogP contribution is 2.23. The molecule has 0 fully saturated rings. The van der Waals surface area contributed by atoms with E-state index in [1.165, 1.54) is 28.5 Å². The molecule has 3 nitrogen and oxygen atoms in total. The van der Waals surface area contributed by atoms with Crippen LogP contribution in [0.5, 0.6) is 0 Å². The predicted octanol–water partition coefficient (Wildman–Crippen LogP) is 2.99. The number of anilines is 2. The fourth-order valence-corrected chi connectivity index (χ4v) is 1.93. The minimum absolute atomic E-state index is 0.138. The van der Waals surface area contributed by atoms with Crippen molar-refractivity contribution in [3.8, 4) is 0 Å². The van der Waals surface area contributed by atoms with Gasteiger partial charge in [0.15, 0.2) is 0 Å². The van der Waals surface area contributed by atoms with Crippen LogP contribution in [-0.4, -0.2) is 10.8 Å². The maximum Gasteiger partial charge on any atom is 0.252 e. The Kier molecular flexibility index (Phi) is 3.72. The van der Waals surface area contributed by atoms with Crippen molar-refractivity contribution in [3.63, 3.8) is 0 Å². The lowest BCUT2D eigenvalue weighted by Crippen LogP contribution is -2.14. The molecule has 18 heavy (non-hydrogen) atoms. The van der Waals surface area contributed by atoms with Crippen LogP contribution in [-0.2, 0) is 7.05 Å². The molecule has 0 saturated heterocycles. The van der Waals surface area contributed by atoms with E-state index in [0.29, 0.717) is 11.4 Å². The molecule has 5 heteroatoms. The van der Waals surface area contributed by atoms with Crippen LogP contribution in [0, 0.1) is 5.82 Å². The number of nitrogens with one attached hydrogen (secondary N) is 1.